The molecular weight excluding hydrogens is 436 g/mol. The van der Waals surface area contributed by atoms with Gasteiger partial charge in [0.25, 0.3) is 0 Å². The van der Waals surface area contributed by atoms with Crippen molar-refractivity contribution < 1.29 is 9.32 Å². The lowest BCUT2D eigenvalue weighted by Gasteiger charge is -2.48. The van der Waals surface area contributed by atoms with E-state index < -0.39 is 10.8 Å². The van der Waals surface area contributed by atoms with E-state index in [1.54, 1.807) is 18.6 Å². The molecule has 3 aliphatic heterocycles. The predicted octanol–water partition coefficient (Wildman–Crippen LogP) is 2.64. The largest absolute Gasteiger partial charge is 0.394 e. The maximum absolute atomic E-state index is 12.7. The van der Waals surface area contributed by atoms with Crippen molar-refractivity contribution >= 4 is 34.2 Å². The first kappa shape index (κ1) is 19.8. The zero-order chi connectivity index (χ0) is 21.2. The normalized spacial score (nSPS) is 30.9. The summed E-state index contributed by atoms with van der Waals surface area (Å²) in [6.45, 7) is 0.0702. The molecule has 0 radical (unpaired) electrons. The van der Waals surface area contributed by atoms with Gasteiger partial charge in [0.1, 0.15) is 16.6 Å². The van der Waals surface area contributed by atoms with Crippen LogP contribution in [0.2, 0.25) is 5.02 Å². The topological polar surface area (TPSA) is 95.3 Å². The molecule has 1 aliphatic carbocycles. The number of aliphatic hydroxyl groups is 1. The first-order valence-corrected chi connectivity index (χ1v) is 12.7. The molecule has 31 heavy (non-hydrogen) atoms. The number of hydrogen-bond acceptors (Lipinski definition) is 8. The van der Waals surface area contributed by atoms with Crippen molar-refractivity contribution in [3.8, 4) is 0 Å². The van der Waals surface area contributed by atoms with Gasteiger partial charge in [-0.2, -0.15) is 4.98 Å². The molecule has 2 aromatic heterocycles. The zero-order valence-corrected chi connectivity index (χ0v) is 18.7. The van der Waals surface area contributed by atoms with Crippen LogP contribution in [0, 0.1) is 0 Å². The van der Waals surface area contributed by atoms with Crippen molar-refractivity contribution in [3.05, 3.63) is 29.4 Å². The van der Waals surface area contributed by atoms with Gasteiger partial charge in [-0.05, 0) is 44.9 Å². The fraction of sp³-hybridized carbons (Fsp3) is 0.619. The van der Waals surface area contributed by atoms with E-state index in [0.717, 1.165) is 62.5 Å². The molecule has 2 unspecified atom stereocenters. The van der Waals surface area contributed by atoms with Gasteiger partial charge in [0, 0.05) is 30.4 Å². The van der Waals surface area contributed by atoms with Crippen molar-refractivity contribution in [2.75, 3.05) is 22.3 Å². The molecule has 0 aromatic carbocycles. The van der Waals surface area contributed by atoms with E-state index in [1.165, 1.54) is 0 Å². The molecule has 0 spiro atoms. The molecule has 0 amide bonds. The quantitative estimate of drug-likeness (QED) is 0.743. The molecule has 2 saturated heterocycles. The van der Waals surface area contributed by atoms with Crippen LogP contribution >= 0.6 is 11.6 Å². The molecule has 6 rings (SSSR count). The minimum atomic E-state index is -1.15. The van der Waals surface area contributed by atoms with Crippen LogP contribution in [0.1, 0.15) is 56.7 Å². The lowest BCUT2D eigenvalue weighted by atomic mass is 9.76. The predicted molar refractivity (Wildman–Crippen MR) is 118 cm³/mol. The van der Waals surface area contributed by atoms with E-state index in [0.29, 0.717) is 33.8 Å². The Hall–Kier alpha value is -1.84. The van der Waals surface area contributed by atoms with Gasteiger partial charge in [-0.1, -0.05) is 11.6 Å². The highest BCUT2D eigenvalue weighted by Crippen LogP contribution is 2.47. The molecule has 3 fully saturated rings. The van der Waals surface area contributed by atoms with Gasteiger partial charge in [-0.25, -0.2) is 15.0 Å². The fourth-order valence-electron chi connectivity index (χ4n) is 5.79. The number of aromatic nitrogens is 4. The number of halogens is 1. The number of piperidine rings is 1. The average molecular weight is 461 g/mol. The third kappa shape index (κ3) is 3.08. The van der Waals surface area contributed by atoms with Gasteiger partial charge >= 0.3 is 0 Å². The highest BCUT2D eigenvalue weighted by molar-refractivity contribution is 7.85. The van der Waals surface area contributed by atoms with Gasteiger partial charge in [0.15, 0.2) is 5.82 Å². The van der Waals surface area contributed by atoms with E-state index in [9.17, 15) is 9.32 Å². The van der Waals surface area contributed by atoms with Crippen LogP contribution < -0.4 is 9.80 Å². The Bertz CT molecular complexity index is 1010. The second kappa shape index (κ2) is 7.35. The van der Waals surface area contributed by atoms with Crippen molar-refractivity contribution in [1.82, 2.24) is 19.9 Å². The summed E-state index contributed by atoms with van der Waals surface area (Å²) in [5, 5.41) is 10.6. The van der Waals surface area contributed by atoms with E-state index in [1.807, 2.05) is 0 Å². The summed E-state index contributed by atoms with van der Waals surface area (Å²) in [5.41, 5.74) is -0.315. The molecule has 1 saturated carbocycles. The van der Waals surface area contributed by atoms with Crippen LogP contribution in [0.4, 0.5) is 11.8 Å². The van der Waals surface area contributed by atoms with Crippen molar-refractivity contribution in [3.63, 3.8) is 0 Å². The third-order valence-electron chi connectivity index (χ3n) is 7.59. The van der Waals surface area contributed by atoms with Crippen molar-refractivity contribution in [2.24, 2.45) is 0 Å². The highest BCUT2D eigenvalue weighted by atomic mass is 35.5. The van der Waals surface area contributed by atoms with Crippen molar-refractivity contribution in [2.45, 2.75) is 73.4 Å². The van der Waals surface area contributed by atoms with Gasteiger partial charge in [0.2, 0.25) is 5.95 Å². The van der Waals surface area contributed by atoms with Gasteiger partial charge in [0.05, 0.1) is 34.2 Å². The Labute approximate surface area is 188 Å². The average Bonchev–Trinajstić information content (AvgIpc) is 3.21. The number of anilines is 2. The third-order valence-corrected chi connectivity index (χ3v) is 9.06. The summed E-state index contributed by atoms with van der Waals surface area (Å²) in [4.78, 5) is 23.6. The monoisotopic (exact) mass is 460 g/mol. The number of hydrogen-bond donors (Lipinski definition) is 1. The van der Waals surface area contributed by atoms with Gasteiger partial charge in [-0.15, -0.1) is 0 Å². The molecule has 2 aromatic rings. The lowest BCUT2D eigenvalue weighted by Crippen LogP contribution is -2.56. The van der Waals surface area contributed by atoms with Crippen LogP contribution in [-0.2, 0) is 10.8 Å². The summed E-state index contributed by atoms with van der Waals surface area (Å²) in [6.07, 6.45) is 12.1. The number of aliphatic hydroxyl groups excluding tert-OH is 1. The molecule has 8 nitrogen and oxygen atoms in total. The minimum Gasteiger partial charge on any atom is -0.394 e. The highest BCUT2D eigenvalue weighted by Gasteiger charge is 2.48. The Morgan fingerprint density at radius 3 is 2.45 bits per heavy atom. The SMILES string of the molecule is O=[S@@]1CN(C2(CO)CCC2)c2nc(N3C4CCC3CC(c3ncc(Cl)cn3)C4)ncc21. The maximum Gasteiger partial charge on any atom is 0.227 e. The second-order valence-corrected chi connectivity index (χ2v) is 11.0. The maximum atomic E-state index is 12.7. The lowest BCUT2D eigenvalue weighted by molar-refractivity contribution is 0.119. The summed E-state index contributed by atoms with van der Waals surface area (Å²) in [6, 6.07) is 0.689. The molecule has 4 aliphatic rings. The number of nitrogens with zero attached hydrogens (tertiary/aromatic N) is 6. The molecule has 5 heterocycles. The fourth-order valence-corrected chi connectivity index (χ4v) is 7.18. The van der Waals surface area contributed by atoms with E-state index in [-0.39, 0.29) is 12.1 Å². The summed E-state index contributed by atoms with van der Waals surface area (Å²) >= 11 is 5.96. The smallest absolute Gasteiger partial charge is 0.227 e. The van der Waals surface area contributed by atoms with E-state index in [4.69, 9.17) is 16.6 Å². The summed E-state index contributed by atoms with van der Waals surface area (Å²) in [7, 11) is -1.15. The zero-order valence-electron chi connectivity index (χ0n) is 17.2. The van der Waals surface area contributed by atoms with Crippen molar-refractivity contribution in [1.29, 1.82) is 0 Å². The Morgan fingerprint density at radius 2 is 1.84 bits per heavy atom. The van der Waals surface area contributed by atoms with Crippen LogP contribution in [-0.4, -0.2) is 59.4 Å². The van der Waals surface area contributed by atoms with E-state index in [2.05, 4.69) is 24.8 Å². The first-order valence-electron chi connectivity index (χ1n) is 11.0. The molecule has 3 atom stereocenters. The Morgan fingerprint density at radius 1 is 1.13 bits per heavy atom. The minimum absolute atomic E-state index is 0.0702. The molecule has 10 heteroatoms. The summed E-state index contributed by atoms with van der Waals surface area (Å²) < 4.78 is 12.7. The summed E-state index contributed by atoms with van der Waals surface area (Å²) in [5.74, 6) is 3.05. The first-order chi connectivity index (χ1) is 15.1. The second-order valence-electron chi connectivity index (χ2n) is 9.22. The molecule has 2 bridgehead atoms. The number of rotatable bonds is 4. The molecule has 1 N–H and O–H groups in total. The molecular formula is C21H25ClN6O2S. The number of fused-ring (bicyclic) bond motifs is 3. The van der Waals surface area contributed by atoms with E-state index >= 15 is 0 Å². The van der Waals surface area contributed by atoms with Gasteiger partial charge in [-0.3, -0.25) is 4.21 Å². The Kier molecular flexibility index (Phi) is 4.70. The standard InChI is InChI=1S/C21H25ClN6O2S/c22-14-8-23-18(24-9-14)13-6-15-2-3-16(7-13)28(15)20-25-10-17-19(26-20)27(12-31(17)30)21(11-29)4-1-5-21/h8-10,13,15-16,29H,1-7,11-12H2/t13?,15?,16?,31-/m1/s1. The molecule has 164 valence electrons. The van der Waals surface area contributed by atoms with Crippen LogP contribution in [0.15, 0.2) is 23.5 Å². The Balaban J connectivity index is 1.29. The van der Waals surface area contributed by atoms with Gasteiger partial charge < -0.3 is 14.9 Å². The van der Waals surface area contributed by atoms with Crippen LogP contribution in [0.5, 0.6) is 0 Å². The van der Waals surface area contributed by atoms with Crippen LogP contribution in [0.3, 0.4) is 0 Å². The van der Waals surface area contributed by atoms with Crippen LogP contribution in [0.25, 0.3) is 0 Å².